The molecule has 1 unspecified atom stereocenters. The number of halogens is 1. The SMILES string of the molecule is Cc1ccc(C#N)cc1N1CC(CS(=O)(=O)Cl)CC1=O. The molecule has 1 aromatic rings. The average Bonchev–Trinajstić information content (AvgIpc) is 2.68. The zero-order valence-corrected chi connectivity index (χ0v) is 12.4. The Morgan fingerprint density at radius 3 is 2.80 bits per heavy atom. The van der Waals surface area contributed by atoms with Crippen molar-refractivity contribution in [1.82, 2.24) is 0 Å². The number of benzene rings is 1. The lowest BCUT2D eigenvalue weighted by Gasteiger charge is -2.19. The van der Waals surface area contributed by atoms with Crippen molar-refractivity contribution in [2.75, 3.05) is 17.2 Å². The van der Waals surface area contributed by atoms with Crippen LogP contribution in [0.1, 0.15) is 17.5 Å². The zero-order chi connectivity index (χ0) is 14.9. The maximum Gasteiger partial charge on any atom is 0.232 e. The van der Waals surface area contributed by atoms with E-state index in [0.717, 1.165) is 5.56 Å². The Bertz CT molecular complexity index is 694. The Kier molecular flexibility index (Phi) is 4.02. The molecule has 1 aliphatic rings. The van der Waals surface area contributed by atoms with Crippen LogP contribution in [0.3, 0.4) is 0 Å². The molecule has 1 fully saturated rings. The molecule has 1 saturated heterocycles. The first-order valence-corrected chi connectivity index (χ1v) is 8.51. The molecular weight excluding hydrogens is 300 g/mol. The second-order valence-electron chi connectivity index (χ2n) is 4.89. The Labute approximate surface area is 122 Å². The monoisotopic (exact) mass is 312 g/mol. The van der Waals surface area contributed by atoms with Crippen LogP contribution in [-0.4, -0.2) is 26.6 Å². The molecule has 0 N–H and O–H groups in total. The standard InChI is InChI=1S/C13H13ClN2O3S/c1-9-2-3-10(6-15)4-12(9)16-7-11(5-13(16)17)8-20(14,18)19/h2-4,11H,5,7-8H2,1H3. The van der Waals surface area contributed by atoms with Crippen LogP contribution >= 0.6 is 10.7 Å². The van der Waals surface area contributed by atoms with Crippen molar-refractivity contribution < 1.29 is 13.2 Å². The van der Waals surface area contributed by atoms with Gasteiger partial charge in [0.15, 0.2) is 0 Å². The molecule has 0 bridgehead atoms. The van der Waals surface area contributed by atoms with Crippen LogP contribution in [0.15, 0.2) is 18.2 Å². The van der Waals surface area contributed by atoms with E-state index in [9.17, 15) is 13.2 Å². The van der Waals surface area contributed by atoms with Gasteiger partial charge in [0.05, 0.1) is 17.4 Å². The van der Waals surface area contributed by atoms with Gasteiger partial charge < -0.3 is 4.90 Å². The van der Waals surface area contributed by atoms with E-state index >= 15 is 0 Å². The molecule has 1 aromatic carbocycles. The fourth-order valence-corrected chi connectivity index (χ4v) is 3.70. The summed E-state index contributed by atoms with van der Waals surface area (Å²) >= 11 is 0. The van der Waals surface area contributed by atoms with Crippen LogP contribution < -0.4 is 4.90 Å². The third-order valence-electron chi connectivity index (χ3n) is 3.27. The van der Waals surface area contributed by atoms with Crippen molar-refractivity contribution in [3.8, 4) is 6.07 Å². The van der Waals surface area contributed by atoms with Crippen LogP contribution in [0.25, 0.3) is 0 Å². The first kappa shape index (κ1) is 14.8. The molecule has 20 heavy (non-hydrogen) atoms. The van der Waals surface area contributed by atoms with Gasteiger partial charge in [0, 0.05) is 35.3 Å². The summed E-state index contributed by atoms with van der Waals surface area (Å²) in [5.41, 5.74) is 1.99. The molecule has 1 heterocycles. The fraction of sp³-hybridized carbons (Fsp3) is 0.385. The Hall–Kier alpha value is -1.58. The lowest BCUT2D eigenvalue weighted by Crippen LogP contribution is -2.26. The summed E-state index contributed by atoms with van der Waals surface area (Å²) in [5.74, 6) is -0.669. The number of nitrogens with zero attached hydrogens (tertiary/aromatic N) is 2. The number of nitriles is 1. The minimum atomic E-state index is -3.62. The van der Waals surface area contributed by atoms with Crippen molar-refractivity contribution in [3.63, 3.8) is 0 Å². The van der Waals surface area contributed by atoms with Crippen LogP contribution in [0.5, 0.6) is 0 Å². The minimum Gasteiger partial charge on any atom is -0.312 e. The van der Waals surface area contributed by atoms with Crippen LogP contribution in [0.4, 0.5) is 5.69 Å². The number of carbonyl (C=O) groups excluding carboxylic acids is 1. The van der Waals surface area contributed by atoms with E-state index in [2.05, 4.69) is 0 Å². The summed E-state index contributed by atoms with van der Waals surface area (Å²) < 4.78 is 22.2. The molecule has 1 atom stereocenters. The lowest BCUT2D eigenvalue weighted by molar-refractivity contribution is -0.117. The molecule has 5 nitrogen and oxygen atoms in total. The second-order valence-corrected chi connectivity index (χ2v) is 7.71. The van der Waals surface area contributed by atoms with Crippen molar-refractivity contribution in [2.45, 2.75) is 13.3 Å². The normalized spacial score (nSPS) is 19.1. The summed E-state index contributed by atoms with van der Waals surface area (Å²) in [4.78, 5) is 13.6. The predicted octanol–water partition coefficient (Wildman–Crippen LogP) is 1.79. The smallest absolute Gasteiger partial charge is 0.232 e. The first-order valence-electron chi connectivity index (χ1n) is 6.03. The number of hydrogen-bond acceptors (Lipinski definition) is 4. The van der Waals surface area contributed by atoms with Crippen molar-refractivity contribution in [2.24, 2.45) is 5.92 Å². The zero-order valence-electron chi connectivity index (χ0n) is 10.8. The third-order valence-corrected chi connectivity index (χ3v) is 4.52. The molecule has 0 aliphatic carbocycles. The molecule has 0 aromatic heterocycles. The average molecular weight is 313 g/mol. The highest BCUT2D eigenvalue weighted by atomic mass is 35.7. The molecule has 106 valence electrons. The second kappa shape index (κ2) is 5.43. The van der Waals surface area contributed by atoms with Gasteiger partial charge >= 0.3 is 0 Å². The summed E-state index contributed by atoms with van der Waals surface area (Å²) in [7, 11) is 1.61. The fourth-order valence-electron chi connectivity index (χ4n) is 2.38. The van der Waals surface area contributed by atoms with E-state index in [0.29, 0.717) is 17.8 Å². The highest BCUT2D eigenvalue weighted by Crippen LogP contribution is 2.29. The molecule has 7 heteroatoms. The van der Waals surface area contributed by atoms with Crippen LogP contribution in [0.2, 0.25) is 0 Å². The van der Waals surface area contributed by atoms with E-state index < -0.39 is 9.05 Å². The Balaban J connectivity index is 2.26. The topological polar surface area (TPSA) is 78.2 Å². The van der Waals surface area contributed by atoms with Gasteiger partial charge in [-0.25, -0.2) is 8.42 Å². The number of amides is 1. The van der Waals surface area contributed by atoms with Gasteiger partial charge in [0.2, 0.25) is 15.0 Å². The predicted molar refractivity (Wildman–Crippen MR) is 76.0 cm³/mol. The van der Waals surface area contributed by atoms with Crippen molar-refractivity contribution in [1.29, 1.82) is 5.26 Å². The number of aryl methyl sites for hydroxylation is 1. The molecule has 1 amide bonds. The maximum absolute atomic E-state index is 12.0. The number of rotatable bonds is 3. The quantitative estimate of drug-likeness (QED) is 0.797. The van der Waals surface area contributed by atoms with E-state index in [-0.39, 0.29) is 24.0 Å². The van der Waals surface area contributed by atoms with E-state index in [1.165, 1.54) is 4.90 Å². The summed E-state index contributed by atoms with van der Waals surface area (Å²) in [6.07, 6.45) is 0.155. The van der Waals surface area contributed by atoms with E-state index in [1.807, 2.05) is 13.0 Å². The number of anilines is 1. The first-order chi connectivity index (χ1) is 9.30. The highest BCUT2D eigenvalue weighted by Gasteiger charge is 2.33. The third kappa shape index (κ3) is 3.30. The van der Waals surface area contributed by atoms with Gasteiger partial charge in [-0.2, -0.15) is 5.26 Å². The van der Waals surface area contributed by atoms with Crippen LogP contribution in [-0.2, 0) is 13.8 Å². The van der Waals surface area contributed by atoms with Gasteiger partial charge in [-0.05, 0) is 24.6 Å². The largest absolute Gasteiger partial charge is 0.312 e. The molecular formula is C13H13ClN2O3S. The number of carbonyl (C=O) groups is 1. The van der Waals surface area contributed by atoms with Gasteiger partial charge in [0.1, 0.15) is 0 Å². The van der Waals surface area contributed by atoms with Gasteiger partial charge in [-0.15, -0.1) is 0 Å². The Morgan fingerprint density at radius 2 is 2.20 bits per heavy atom. The molecule has 0 saturated carbocycles. The summed E-state index contributed by atoms with van der Waals surface area (Å²) in [5, 5.41) is 8.92. The van der Waals surface area contributed by atoms with Crippen molar-refractivity contribution >= 4 is 31.3 Å². The van der Waals surface area contributed by atoms with E-state index in [1.54, 1.807) is 18.2 Å². The van der Waals surface area contributed by atoms with Crippen LogP contribution in [0, 0.1) is 24.2 Å². The highest BCUT2D eigenvalue weighted by molar-refractivity contribution is 8.13. The van der Waals surface area contributed by atoms with Crippen molar-refractivity contribution in [3.05, 3.63) is 29.3 Å². The minimum absolute atomic E-state index is 0.145. The Morgan fingerprint density at radius 1 is 1.50 bits per heavy atom. The maximum atomic E-state index is 12.0. The van der Waals surface area contributed by atoms with Gasteiger partial charge in [-0.1, -0.05) is 6.07 Å². The van der Waals surface area contributed by atoms with E-state index in [4.69, 9.17) is 15.9 Å². The van der Waals surface area contributed by atoms with Gasteiger partial charge in [-0.3, -0.25) is 4.79 Å². The number of hydrogen-bond donors (Lipinski definition) is 0. The molecule has 1 aliphatic heterocycles. The summed E-state index contributed by atoms with van der Waals surface area (Å²) in [6, 6.07) is 7.12. The molecule has 0 spiro atoms. The van der Waals surface area contributed by atoms with Gasteiger partial charge in [0.25, 0.3) is 0 Å². The molecule has 2 rings (SSSR count). The molecule has 0 radical (unpaired) electrons. The lowest BCUT2D eigenvalue weighted by atomic mass is 10.1. The summed E-state index contributed by atoms with van der Waals surface area (Å²) in [6.45, 7) is 2.15.